The maximum Gasteiger partial charge on any atom is 0.310 e. The minimum absolute atomic E-state index is 0.0304. The minimum Gasteiger partial charge on any atom is -0.502 e. The molecule has 0 aliphatic heterocycles. The third kappa shape index (κ3) is 2.30. The van der Waals surface area contributed by atoms with Gasteiger partial charge in [0.1, 0.15) is 0 Å². The highest BCUT2D eigenvalue weighted by atomic mass is 16.6. The Hall–Kier alpha value is -1.62. The highest BCUT2D eigenvalue weighted by Crippen LogP contribution is 2.37. The predicted molar refractivity (Wildman–Crippen MR) is 59.2 cm³/mol. The molecule has 1 aromatic rings. The van der Waals surface area contributed by atoms with Gasteiger partial charge in [0, 0.05) is 11.6 Å². The SMILES string of the molecule is NC1(CCc2ccc([N+](=O)[O-])c(O)c2)CC1. The van der Waals surface area contributed by atoms with Crippen LogP contribution in [0.3, 0.4) is 0 Å². The van der Waals surface area contributed by atoms with Gasteiger partial charge < -0.3 is 10.8 Å². The number of phenolic OH excluding ortho intramolecular Hbond substituents is 1. The number of nitrogens with two attached hydrogens (primary N) is 1. The average Bonchev–Trinajstić information content (AvgIpc) is 2.94. The van der Waals surface area contributed by atoms with Crippen molar-refractivity contribution in [1.82, 2.24) is 0 Å². The predicted octanol–water partition coefficient (Wildman–Crippen LogP) is 1.72. The largest absolute Gasteiger partial charge is 0.502 e. The van der Waals surface area contributed by atoms with Gasteiger partial charge in [-0.3, -0.25) is 10.1 Å². The molecule has 2 rings (SSSR count). The van der Waals surface area contributed by atoms with E-state index in [1.54, 1.807) is 6.07 Å². The number of nitrogens with zero attached hydrogens (tertiary/aromatic N) is 1. The number of phenols is 1. The summed E-state index contributed by atoms with van der Waals surface area (Å²) < 4.78 is 0. The van der Waals surface area contributed by atoms with Gasteiger partial charge in [-0.1, -0.05) is 6.07 Å². The number of hydrogen-bond acceptors (Lipinski definition) is 4. The van der Waals surface area contributed by atoms with Crippen molar-refractivity contribution in [2.45, 2.75) is 31.2 Å². The highest BCUT2D eigenvalue weighted by molar-refractivity contribution is 5.47. The van der Waals surface area contributed by atoms with Crippen molar-refractivity contribution in [3.05, 3.63) is 33.9 Å². The van der Waals surface area contributed by atoms with Gasteiger partial charge in [0.05, 0.1) is 4.92 Å². The lowest BCUT2D eigenvalue weighted by atomic mass is 10.0. The van der Waals surface area contributed by atoms with Crippen LogP contribution >= 0.6 is 0 Å². The molecule has 0 radical (unpaired) electrons. The van der Waals surface area contributed by atoms with Gasteiger partial charge in [-0.25, -0.2) is 0 Å². The van der Waals surface area contributed by atoms with Crippen LogP contribution in [0.25, 0.3) is 0 Å². The Morgan fingerprint density at radius 3 is 2.69 bits per heavy atom. The van der Waals surface area contributed by atoms with Gasteiger partial charge in [-0.15, -0.1) is 0 Å². The first-order valence-electron chi connectivity index (χ1n) is 5.25. The second-order valence-corrected chi connectivity index (χ2v) is 4.44. The number of aryl methyl sites for hydroxylation is 1. The lowest BCUT2D eigenvalue weighted by Crippen LogP contribution is -2.22. The maximum absolute atomic E-state index is 10.5. The van der Waals surface area contributed by atoms with E-state index in [4.69, 9.17) is 5.73 Å². The fraction of sp³-hybridized carbons (Fsp3) is 0.455. The Kier molecular flexibility index (Phi) is 2.55. The van der Waals surface area contributed by atoms with E-state index in [-0.39, 0.29) is 17.0 Å². The second kappa shape index (κ2) is 3.75. The molecule has 1 saturated carbocycles. The number of nitro groups is 1. The molecule has 0 heterocycles. The first-order chi connectivity index (χ1) is 7.50. The summed E-state index contributed by atoms with van der Waals surface area (Å²) in [6.45, 7) is 0. The summed E-state index contributed by atoms with van der Waals surface area (Å²) in [4.78, 5) is 9.89. The van der Waals surface area contributed by atoms with E-state index in [1.807, 2.05) is 0 Å². The summed E-state index contributed by atoms with van der Waals surface area (Å²) >= 11 is 0. The van der Waals surface area contributed by atoms with Crippen molar-refractivity contribution in [3.8, 4) is 5.75 Å². The van der Waals surface area contributed by atoms with E-state index in [0.717, 1.165) is 31.2 Å². The molecule has 1 fully saturated rings. The summed E-state index contributed by atoms with van der Waals surface area (Å²) in [5.74, 6) is -0.274. The second-order valence-electron chi connectivity index (χ2n) is 4.44. The fourth-order valence-electron chi connectivity index (χ4n) is 1.68. The van der Waals surface area contributed by atoms with Crippen LogP contribution in [0.15, 0.2) is 18.2 Å². The fourth-order valence-corrected chi connectivity index (χ4v) is 1.68. The van der Waals surface area contributed by atoms with Gasteiger partial charge in [0.2, 0.25) is 0 Å². The molecule has 16 heavy (non-hydrogen) atoms. The number of benzene rings is 1. The summed E-state index contributed by atoms with van der Waals surface area (Å²) in [6.07, 6.45) is 3.71. The molecule has 1 aromatic carbocycles. The van der Waals surface area contributed by atoms with Crippen LogP contribution in [0.2, 0.25) is 0 Å². The van der Waals surface area contributed by atoms with Crippen LogP contribution in [-0.2, 0) is 6.42 Å². The smallest absolute Gasteiger partial charge is 0.310 e. The molecule has 1 aliphatic rings. The van der Waals surface area contributed by atoms with E-state index in [2.05, 4.69) is 0 Å². The zero-order valence-electron chi connectivity index (χ0n) is 8.85. The molecule has 5 nitrogen and oxygen atoms in total. The van der Waals surface area contributed by atoms with Crippen molar-refractivity contribution < 1.29 is 10.0 Å². The van der Waals surface area contributed by atoms with Crippen LogP contribution in [0.5, 0.6) is 5.75 Å². The molecule has 1 aliphatic carbocycles. The number of hydrogen-bond donors (Lipinski definition) is 2. The van der Waals surface area contributed by atoms with Gasteiger partial charge in [0.25, 0.3) is 0 Å². The van der Waals surface area contributed by atoms with Crippen LogP contribution in [0.4, 0.5) is 5.69 Å². The van der Waals surface area contributed by atoms with Gasteiger partial charge in [-0.05, 0) is 37.3 Å². The molecule has 86 valence electrons. The van der Waals surface area contributed by atoms with E-state index >= 15 is 0 Å². The van der Waals surface area contributed by atoms with Crippen molar-refractivity contribution in [2.75, 3.05) is 0 Å². The molecule has 5 heteroatoms. The molecule has 0 unspecified atom stereocenters. The molecule has 0 saturated heterocycles. The summed E-state index contributed by atoms with van der Waals surface area (Å²) in [6, 6.07) is 4.45. The highest BCUT2D eigenvalue weighted by Gasteiger charge is 2.37. The lowest BCUT2D eigenvalue weighted by molar-refractivity contribution is -0.385. The molecular weight excluding hydrogens is 208 g/mol. The Morgan fingerprint density at radius 1 is 1.50 bits per heavy atom. The third-order valence-electron chi connectivity index (χ3n) is 3.04. The van der Waals surface area contributed by atoms with Gasteiger partial charge in [-0.2, -0.15) is 0 Å². The Bertz CT molecular complexity index is 427. The van der Waals surface area contributed by atoms with Crippen LogP contribution in [0.1, 0.15) is 24.8 Å². The van der Waals surface area contributed by atoms with Crippen LogP contribution < -0.4 is 5.73 Å². The molecule has 0 amide bonds. The average molecular weight is 222 g/mol. The van der Waals surface area contributed by atoms with Gasteiger partial charge >= 0.3 is 5.69 Å². The summed E-state index contributed by atoms with van der Waals surface area (Å²) in [5, 5.41) is 19.9. The summed E-state index contributed by atoms with van der Waals surface area (Å²) in [7, 11) is 0. The van der Waals surface area contributed by atoms with Crippen molar-refractivity contribution >= 4 is 5.69 Å². The maximum atomic E-state index is 10.5. The topological polar surface area (TPSA) is 89.4 Å². The van der Waals surface area contributed by atoms with E-state index in [1.165, 1.54) is 12.1 Å². The Balaban J connectivity index is 2.05. The third-order valence-corrected chi connectivity index (χ3v) is 3.04. The normalized spacial score (nSPS) is 17.1. The molecule has 0 aromatic heterocycles. The van der Waals surface area contributed by atoms with Crippen LogP contribution in [0, 0.1) is 10.1 Å². The molecule has 0 atom stereocenters. The van der Waals surface area contributed by atoms with Crippen LogP contribution in [-0.4, -0.2) is 15.6 Å². The van der Waals surface area contributed by atoms with Crippen molar-refractivity contribution in [1.29, 1.82) is 0 Å². The van der Waals surface area contributed by atoms with E-state index in [9.17, 15) is 15.2 Å². The molecule has 0 bridgehead atoms. The van der Waals surface area contributed by atoms with E-state index < -0.39 is 4.92 Å². The number of aromatic hydroxyl groups is 1. The number of nitro benzene ring substituents is 1. The van der Waals surface area contributed by atoms with Gasteiger partial charge in [0.15, 0.2) is 5.75 Å². The zero-order valence-corrected chi connectivity index (χ0v) is 8.85. The standard InChI is InChI=1S/C11H14N2O3/c12-11(5-6-11)4-3-8-1-2-9(13(15)16)10(14)7-8/h1-2,7,14H,3-6,12H2. The Morgan fingerprint density at radius 2 is 2.19 bits per heavy atom. The number of rotatable bonds is 4. The lowest BCUT2D eigenvalue weighted by Gasteiger charge is -2.08. The zero-order chi connectivity index (χ0) is 11.8. The Labute approximate surface area is 93.0 Å². The molecular formula is C11H14N2O3. The van der Waals surface area contributed by atoms with Crippen molar-refractivity contribution in [3.63, 3.8) is 0 Å². The minimum atomic E-state index is -0.593. The van der Waals surface area contributed by atoms with Crippen molar-refractivity contribution in [2.24, 2.45) is 5.73 Å². The molecule has 0 spiro atoms. The molecule has 3 N–H and O–H groups in total. The first-order valence-corrected chi connectivity index (χ1v) is 5.25. The summed E-state index contributed by atoms with van der Waals surface area (Å²) in [5.41, 5.74) is 6.55. The monoisotopic (exact) mass is 222 g/mol. The quantitative estimate of drug-likeness (QED) is 0.599. The van der Waals surface area contributed by atoms with E-state index in [0.29, 0.717) is 0 Å². The first kappa shape index (κ1) is 10.9.